The van der Waals surface area contributed by atoms with Gasteiger partial charge in [-0.05, 0) is 66.7 Å². The maximum absolute atomic E-state index is 4.35. The van der Waals surface area contributed by atoms with Crippen LogP contribution in [0.2, 0.25) is 0 Å². The largest absolute Gasteiger partial charge is 0.0956 e. The van der Waals surface area contributed by atoms with Gasteiger partial charge in [-0.25, -0.2) is 0 Å². The zero-order valence-electron chi connectivity index (χ0n) is 14.1. The second kappa shape index (κ2) is 7.00. The van der Waals surface area contributed by atoms with E-state index in [2.05, 4.69) is 74.7 Å². The van der Waals surface area contributed by atoms with Crippen LogP contribution in [0.3, 0.4) is 0 Å². The Morgan fingerprint density at radius 2 is 1.70 bits per heavy atom. The van der Waals surface area contributed by atoms with E-state index in [4.69, 9.17) is 0 Å². The molecule has 0 bridgehead atoms. The van der Waals surface area contributed by atoms with Crippen LogP contribution in [0.25, 0.3) is 0 Å². The van der Waals surface area contributed by atoms with Crippen LogP contribution in [0.4, 0.5) is 0 Å². The first-order valence-corrected chi connectivity index (χ1v) is 8.63. The monoisotopic (exact) mass is 302 g/mol. The molecule has 118 valence electrons. The molecule has 0 heterocycles. The number of hydrogen-bond donors (Lipinski definition) is 0. The molecule has 0 N–H and O–H groups in total. The third-order valence-electron chi connectivity index (χ3n) is 5.07. The average Bonchev–Trinajstić information content (AvgIpc) is 3.36. The summed E-state index contributed by atoms with van der Waals surface area (Å²) >= 11 is 0. The molecule has 2 aromatic carbocycles. The van der Waals surface area contributed by atoms with E-state index in [9.17, 15) is 0 Å². The van der Waals surface area contributed by atoms with Crippen LogP contribution < -0.4 is 0 Å². The number of hydrogen-bond acceptors (Lipinski definition) is 0. The van der Waals surface area contributed by atoms with Crippen LogP contribution in [-0.4, -0.2) is 0 Å². The molecule has 1 aliphatic rings. The van der Waals surface area contributed by atoms with Crippen LogP contribution >= 0.6 is 0 Å². The SMILES string of the molecule is C=C(CCCc1ccccc1)C(=C)C1CC1c1ccccc1C. The molecule has 0 radical (unpaired) electrons. The van der Waals surface area contributed by atoms with Gasteiger partial charge in [0.25, 0.3) is 0 Å². The Morgan fingerprint density at radius 3 is 2.43 bits per heavy atom. The molecule has 1 fully saturated rings. The van der Waals surface area contributed by atoms with Gasteiger partial charge in [-0.2, -0.15) is 0 Å². The van der Waals surface area contributed by atoms with Crippen molar-refractivity contribution in [1.29, 1.82) is 0 Å². The topological polar surface area (TPSA) is 0 Å². The van der Waals surface area contributed by atoms with Gasteiger partial charge in [0, 0.05) is 0 Å². The quantitative estimate of drug-likeness (QED) is 0.531. The Balaban J connectivity index is 1.49. The summed E-state index contributed by atoms with van der Waals surface area (Å²) < 4.78 is 0. The second-order valence-electron chi connectivity index (χ2n) is 6.77. The minimum Gasteiger partial charge on any atom is -0.0956 e. The molecule has 1 saturated carbocycles. The van der Waals surface area contributed by atoms with Crippen molar-refractivity contribution in [2.75, 3.05) is 0 Å². The standard InChI is InChI=1S/C23H26/c1-17(11-9-14-20-12-5-4-6-13-20)19(3)22-16-23(22)21-15-8-7-10-18(21)2/h4-8,10,12-13,15,22-23H,1,3,9,11,14,16H2,2H3. The molecule has 0 spiro atoms. The summed E-state index contributed by atoms with van der Waals surface area (Å²) in [4.78, 5) is 0. The van der Waals surface area contributed by atoms with Crippen LogP contribution in [0.5, 0.6) is 0 Å². The minimum absolute atomic E-state index is 0.611. The van der Waals surface area contributed by atoms with E-state index in [1.807, 2.05) is 0 Å². The summed E-state index contributed by atoms with van der Waals surface area (Å²) in [5.41, 5.74) is 6.85. The normalized spacial score (nSPS) is 19.3. The number of aryl methyl sites for hydroxylation is 2. The highest BCUT2D eigenvalue weighted by Gasteiger charge is 2.41. The van der Waals surface area contributed by atoms with Crippen LogP contribution in [0, 0.1) is 12.8 Å². The molecule has 2 aromatic rings. The van der Waals surface area contributed by atoms with E-state index >= 15 is 0 Å². The molecule has 1 aliphatic carbocycles. The lowest BCUT2D eigenvalue weighted by Crippen LogP contribution is -1.95. The third kappa shape index (κ3) is 3.82. The molecular formula is C23H26. The Kier molecular flexibility index (Phi) is 4.81. The van der Waals surface area contributed by atoms with Crippen molar-refractivity contribution in [3.63, 3.8) is 0 Å². The van der Waals surface area contributed by atoms with E-state index in [1.165, 1.54) is 34.3 Å². The summed E-state index contributed by atoms with van der Waals surface area (Å²) in [7, 11) is 0. The molecule has 0 aliphatic heterocycles. The zero-order valence-corrected chi connectivity index (χ0v) is 14.1. The van der Waals surface area contributed by atoms with Gasteiger partial charge in [0.1, 0.15) is 0 Å². The van der Waals surface area contributed by atoms with E-state index in [0.717, 1.165) is 19.3 Å². The van der Waals surface area contributed by atoms with Gasteiger partial charge >= 0.3 is 0 Å². The first-order chi connectivity index (χ1) is 11.2. The van der Waals surface area contributed by atoms with Crippen LogP contribution in [-0.2, 0) is 6.42 Å². The highest BCUT2D eigenvalue weighted by Crippen LogP contribution is 2.53. The van der Waals surface area contributed by atoms with Crippen molar-refractivity contribution in [2.45, 2.75) is 38.5 Å². The lowest BCUT2D eigenvalue weighted by molar-refractivity contribution is 0.800. The van der Waals surface area contributed by atoms with E-state index in [-0.39, 0.29) is 0 Å². The van der Waals surface area contributed by atoms with Crippen molar-refractivity contribution in [3.8, 4) is 0 Å². The predicted molar refractivity (Wildman–Crippen MR) is 99.7 cm³/mol. The molecule has 2 unspecified atom stereocenters. The Hall–Kier alpha value is -2.08. The fourth-order valence-electron chi connectivity index (χ4n) is 3.50. The molecule has 0 saturated heterocycles. The summed E-state index contributed by atoms with van der Waals surface area (Å²) in [6, 6.07) is 19.4. The van der Waals surface area contributed by atoms with Gasteiger partial charge in [0.15, 0.2) is 0 Å². The molecular weight excluding hydrogens is 276 g/mol. The van der Waals surface area contributed by atoms with E-state index in [0.29, 0.717) is 11.8 Å². The number of rotatable bonds is 7. The third-order valence-corrected chi connectivity index (χ3v) is 5.07. The summed E-state index contributed by atoms with van der Waals surface area (Å²) in [6.45, 7) is 10.9. The van der Waals surface area contributed by atoms with Gasteiger partial charge in [-0.3, -0.25) is 0 Å². The fourth-order valence-corrected chi connectivity index (χ4v) is 3.50. The van der Waals surface area contributed by atoms with Crippen molar-refractivity contribution < 1.29 is 0 Å². The molecule has 3 rings (SSSR count). The fraction of sp³-hybridized carbons (Fsp3) is 0.304. The zero-order chi connectivity index (χ0) is 16.2. The predicted octanol–water partition coefficient (Wildman–Crippen LogP) is 6.23. The molecule has 2 atom stereocenters. The highest BCUT2D eigenvalue weighted by atomic mass is 14.4. The number of allylic oxidation sites excluding steroid dienone is 2. The van der Waals surface area contributed by atoms with Gasteiger partial charge in [-0.15, -0.1) is 0 Å². The molecule has 0 heteroatoms. The Labute approximate surface area is 140 Å². The van der Waals surface area contributed by atoms with E-state index < -0.39 is 0 Å². The van der Waals surface area contributed by atoms with Crippen molar-refractivity contribution in [3.05, 3.63) is 95.6 Å². The smallest absolute Gasteiger partial charge is 0.00843 e. The van der Waals surface area contributed by atoms with Crippen molar-refractivity contribution in [2.24, 2.45) is 5.92 Å². The second-order valence-corrected chi connectivity index (χ2v) is 6.77. The Morgan fingerprint density at radius 1 is 1.00 bits per heavy atom. The highest BCUT2D eigenvalue weighted by molar-refractivity contribution is 5.41. The van der Waals surface area contributed by atoms with Gasteiger partial charge in [-0.1, -0.05) is 73.3 Å². The summed E-state index contributed by atoms with van der Waals surface area (Å²) in [6.07, 6.45) is 4.58. The first-order valence-electron chi connectivity index (χ1n) is 8.63. The Bertz CT molecular complexity index is 693. The van der Waals surface area contributed by atoms with Gasteiger partial charge in [0.05, 0.1) is 0 Å². The first kappa shape index (κ1) is 15.8. The molecule has 0 nitrogen and oxygen atoms in total. The average molecular weight is 302 g/mol. The minimum atomic E-state index is 0.611. The summed E-state index contributed by atoms with van der Waals surface area (Å²) in [5, 5.41) is 0. The summed E-state index contributed by atoms with van der Waals surface area (Å²) in [5.74, 6) is 1.27. The van der Waals surface area contributed by atoms with Crippen molar-refractivity contribution in [1.82, 2.24) is 0 Å². The molecule has 0 amide bonds. The van der Waals surface area contributed by atoms with Gasteiger partial charge in [0.2, 0.25) is 0 Å². The molecule has 23 heavy (non-hydrogen) atoms. The van der Waals surface area contributed by atoms with Crippen molar-refractivity contribution >= 4 is 0 Å². The lowest BCUT2D eigenvalue weighted by atomic mass is 9.95. The maximum atomic E-state index is 4.35. The van der Waals surface area contributed by atoms with Gasteiger partial charge < -0.3 is 0 Å². The number of benzene rings is 2. The van der Waals surface area contributed by atoms with Crippen LogP contribution in [0.1, 0.15) is 41.9 Å². The van der Waals surface area contributed by atoms with E-state index in [1.54, 1.807) is 0 Å². The van der Waals surface area contributed by atoms with Crippen LogP contribution in [0.15, 0.2) is 78.9 Å². The maximum Gasteiger partial charge on any atom is -0.00843 e. The lowest BCUT2D eigenvalue weighted by Gasteiger charge is -2.10. The molecule has 0 aromatic heterocycles.